The zero-order valence-corrected chi connectivity index (χ0v) is 19.8. The molecule has 176 valence electrons. The number of rotatable bonds is 4. The molecule has 0 unspecified atom stereocenters. The lowest BCUT2D eigenvalue weighted by Crippen LogP contribution is -2.26. The Morgan fingerprint density at radius 2 is 1.67 bits per heavy atom. The summed E-state index contributed by atoms with van der Waals surface area (Å²) in [5.74, 6) is -0.528. The molecule has 6 rings (SSSR count). The van der Waals surface area contributed by atoms with Gasteiger partial charge in [-0.15, -0.1) is 5.10 Å². The first kappa shape index (κ1) is 22.1. The van der Waals surface area contributed by atoms with Crippen LogP contribution in [0.4, 0.5) is 0 Å². The van der Waals surface area contributed by atoms with Crippen LogP contribution in [0.25, 0.3) is 33.5 Å². The first-order valence-electron chi connectivity index (χ1n) is 11.5. The average Bonchev–Trinajstić information content (AvgIpc) is 3.30. The Morgan fingerprint density at radius 1 is 0.944 bits per heavy atom. The van der Waals surface area contributed by atoms with E-state index in [4.69, 9.17) is 21.3 Å². The van der Waals surface area contributed by atoms with Crippen molar-refractivity contribution in [1.29, 1.82) is 0 Å². The van der Waals surface area contributed by atoms with E-state index in [0.29, 0.717) is 38.8 Å². The Kier molecular flexibility index (Phi) is 5.54. The molecular formula is C28H19ClN4O3. The zero-order valence-electron chi connectivity index (χ0n) is 19.0. The summed E-state index contributed by atoms with van der Waals surface area (Å²) in [5, 5.41) is 9.77. The number of para-hydroxylation sites is 1. The van der Waals surface area contributed by atoms with E-state index in [-0.39, 0.29) is 12.3 Å². The maximum atomic E-state index is 13.4. The van der Waals surface area contributed by atoms with Gasteiger partial charge in [0.25, 0.3) is 5.56 Å². The fourth-order valence-corrected chi connectivity index (χ4v) is 4.70. The maximum absolute atomic E-state index is 13.4. The lowest BCUT2D eigenvalue weighted by atomic mass is 10.0. The third kappa shape index (κ3) is 3.93. The standard InChI is InChI=1S/C28H19ClN4O3/c29-19-12-9-17(10-13-19)15-18-11-14-22-25(20-5-1-3-7-23(20)30-26(18)22)28(35)36-16-33-27(34)21-6-2-4-8-24(21)31-32-33/h1-10,12-13,15H,11,14,16H2. The molecule has 8 heteroatoms. The van der Waals surface area contributed by atoms with Crippen molar-refractivity contribution in [2.75, 3.05) is 0 Å². The van der Waals surface area contributed by atoms with Gasteiger partial charge in [-0.2, -0.15) is 4.68 Å². The second kappa shape index (κ2) is 9.02. The van der Waals surface area contributed by atoms with Gasteiger partial charge in [0.05, 0.1) is 22.2 Å². The molecule has 3 aromatic carbocycles. The normalized spacial score (nSPS) is 13.9. The lowest BCUT2D eigenvalue weighted by molar-refractivity contribution is 0.0337. The highest BCUT2D eigenvalue weighted by atomic mass is 35.5. The molecule has 7 nitrogen and oxygen atoms in total. The highest BCUT2D eigenvalue weighted by molar-refractivity contribution is 6.30. The van der Waals surface area contributed by atoms with E-state index in [2.05, 4.69) is 16.4 Å². The number of aromatic nitrogens is 4. The van der Waals surface area contributed by atoms with Gasteiger partial charge in [0.2, 0.25) is 0 Å². The minimum atomic E-state index is -0.528. The number of carbonyl (C=O) groups is 1. The Labute approximate surface area is 210 Å². The number of hydrogen-bond donors (Lipinski definition) is 0. The van der Waals surface area contributed by atoms with Gasteiger partial charge < -0.3 is 4.74 Å². The van der Waals surface area contributed by atoms with Crippen molar-refractivity contribution in [1.82, 2.24) is 20.0 Å². The van der Waals surface area contributed by atoms with Crippen LogP contribution in [0.2, 0.25) is 5.02 Å². The number of esters is 1. The number of benzene rings is 3. The van der Waals surface area contributed by atoms with E-state index in [1.807, 2.05) is 48.5 Å². The number of pyridine rings is 1. The SMILES string of the molecule is O=C(OCn1nnc2ccccc2c1=O)c1c2c(nc3ccccc13)C(=Cc1ccc(Cl)cc1)CC2. The quantitative estimate of drug-likeness (QED) is 0.315. The van der Waals surface area contributed by atoms with Crippen LogP contribution in [0.15, 0.2) is 77.6 Å². The van der Waals surface area contributed by atoms with Crippen LogP contribution in [-0.4, -0.2) is 25.9 Å². The molecule has 0 N–H and O–H groups in total. The Balaban J connectivity index is 1.38. The van der Waals surface area contributed by atoms with Crippen LogP contribution in [-0.2, 0) is 17.9 Å². The summed E-state index contributed by atoms with van der Waals surface area (Å²) < 4.78 is 6.65. The van der Waals surface area contributed by atoms with Gasteiger partial charge in [-0.3, -0.25) is 4.79 Å². The predicted octanol–water partition coefficient (Wildman–Crippen LogP) is 5.29. The molecule has 0 spiro atoms. The topological polar surface area (TPSA) is 87.0 Å². The molecule has 0 amide bonds. The van der Waals surface area contributed by atoms with Crippen molar-refractivity contribution >= 4 is 51.0 Å². The molecule has 2 heterocycles. The van der Waals surface area contributed by atoms with E-state index in [0.717, 1.165) is 33.5 Å². The minimum Gasteiger partial charge on any atom is -0.439 e. The van der Waals surface area contributed by atoms with E-state index in [1.165, 1.54) is 0 Å². The van der Waals surface area contributed by atoms with Crippen molar-refractivity contribution in [2.24, 2.45) is 0 Å². The fraction of sp³-hybridized carbons (Fsp3) is 0.107. The average molecular weight is 495 g/mol. The molecule has 0 bridgehead atoms. The molecule has 36 heavy (non-hydrogen) atoms. The van der Waals surface area contributed by atoms with E-state index in [1.54, 1.807) is 24.3 Å². The number of fused-ring (bicyclic) bond motifs is 3. The summed E-state index contributed by atoms with van der Waals surface area (Å²) in [6.07, 6.45) is 3.48. The molecule has 0 radical (unpaired) electrons. The third-order valence-electron chi connectivity index (χ3n) is 6.30. The second-order valence-electron chi connectivity index (χ2n) is 8.52. The number of carbonyl (C=O) groups excluding carboxylic acids is 1. The van der Waals surface area contributed by atoms with Crippen molar-refractivity contribution in [2.45, 2.75) is 19.6 Å². The first-order chi connectivity index (χ1) is 17.6. The Hall–Kier alpha value is -4.36. The first-order valence-corrected chi connectivity index (χ1v) is 11.8. The highest BCUT2D eigenvalue weighted by Gasteiger charge is 2.27. The molecule has 5 aromatic rings. The van der Waals surface area contributed by atoms with Gasteiger partial charge in [0, 0.05) is 10.4 Å². The summed E-state index contributed by atoms with van der Waals surface area (Å²) in [4.78, 5) is 31.1. The Bertz CT molecular complexity index is 1740. The summed E-state index contributed by atoms with van der Waals surface area (Å²) in [6, 6.07) is 22.0. The van der Waals surface area contributed by atoms with Gasteiger partial charge in [-0.25, -0.2) is 9.78 Å². The fourth-order valence-electron chi connectivity index (χ4n) is 4.57. The van der Waals surface area contributed by atoms with Gasteiger partial charge in [0.15, 0.2) is 6.73 Å². The van der Waals surface area contributed by atoms with Crippen LogP contribution in [0.1, 0.15) is 33.6 Å². The number of nitrogens with zero attached hydrogens (tertiary/aromatic N) is 4. The maximum Gasteiger partial charge on any atom is 0.340 e. The summed E-state index contributed by atoms with van der Waals surface area (Å²) in [7, 11) is 0. The van der Waals surface area contributed by atoms with Crippen LogP contribution in [0, 0.1) is 0 Å². The number of ether oxygens (including phenoxy) is 1. The Morgan fingerprint density at radius 3 is 2.47 bits per heavy atom. The second-order valence-corrected chi connectivity index (χ2v) is 8.96. The predicted molar refractivity (Wildman–Crippen MR) is 139 cm³/mol. The number of hydrogen-bond acceptors (Lipinski definition) is 6. The molecule has 0 fully saturated rings. The van der Waals surface area contributed by atoms with Crippen molar-refractivity contribution in [3.8, 4) is 0 Å². The van der Waals surface area contributed by atoms with Gasteiger partial charge in [0.1, 0.15) is 5.52 Å². The highest BCUT2D eigenvalue weighted by Crippen LogP contribution is 2.38. The van der Waals surface area contributed by atoms with E-state index >= 15 is 0 Å². The number of allylic oxidation sites excluding steroid dienone is 1. The van der Waals surface area contributed by atoms with Crippen LogP contribution >= 0.6 is 11.6 Å². The zero-order chi connectivity index (χ0) is 24.6. The summed E-state index contributed by atoms with van der Waals surface area (Å²) in [5.41, 5.74) is 4.98. The molecule has 1 aliphatic carbocycles. The molecule has 2 aromatic heterocycles. The molecular weight excluding hydrogens is 476 g/mol. The van der Waals surface area contributed by atoms with E-state index in [9.17, 15) is 9.59 Å². The molecule has 0 saturated heterocycles. The molecule has 0 saturated carbocycles. The van der Waals surface area contributed by atoms with Crippen molar-refractivity contribution in [3.05, 3.63) is 111 Å². The van der Waals surface area contributed by atoms with Crippen molar-refractivity contribution < 1.29 is 9.53 Å². The monoisotopic (exact) mass is 494 g/mol. The molecule has 0 aliphatic heterocycles. The smallest absolute Gasteiger partial charge is 0.340 e. The minimum absolute atomic E-state index is 0.339. The van der Waals surface area contributed by atoms with Crippen LogP contribution in [0.5, 0.6) is 0 Å². The van der Waals surface area contributed by atoms with Gasteiger partial charge >= 0.3 is 5.97 Å². The van der Waals surface area contributed by atoms with Crippen molar-refractivity contribution in [3.63, 3.8) is 0 Å². The largest absolute Gasteiger partial charge is 0.439 e. The van der Waals surface area contributed by atoms with Crippen LogP contribution in [0.3, 0.4) is 0 Å². The summed E-state index contributed by atoms with van der Waals surface area (Å²) in [6.45, 7) is -0.339. The van der Waals surface area contributed by atoms with Crippen LogP contribution < -0.4 is 5.56 Å². The number of halogens is 1. The third-order valence-corrected chi connectivity index (χ3v) is 6.56. The van der Waals surface area contributed by atoms with Gasteiger partial charge in [-0.05, 0) is 65.9 Å². The lowest BCUT2D eigenvalue weighted by Gasteiger charge is -2.13. The van der Waals surface area contributed by atoms with E-state index < -0.39 is 5.97 Å². The summed E-state index contributed by atoms with van der Waals surface area (Å²) >= 11 is 6.03. The molecule has 0 atom stereocenters. The molecule has 1 aliphatic rings. The van der Waals surface area contributed by atoms with Gasteiger partial charge in [-0.1, -0.05) is 59.3 Å².